The Kier molecular flexibility index (Phi) is 7.01. The first-order chi connectivity index (χ1) is 11.9. The zero-order valence-corrected chi connectivity index (χ0v) is 15.9. The monoisotopic (exact) mass is 382 g/mol. The van der Waals surface area contributed by atoms with Crippen LogP contribution >= 0.6 is 24.0 Å². The van der Waals surface area contributed by atoms with E-state index in [1.54, 1.807) is 31.4 Å². The summed E-state index contributed by atoms with van der Waals surface area (Å²) in [4.78, 5) is 2.42. The molecule has 0 aliphatic heterocycles. The van der Waals surface area contributed by atoms with Crippen LogP contribution in [0.2, 0.25) is 0 Å². The molecule has 0 bridgehead atoms. The fraction of sp³-hybridized carbons (Fsp3) is 0.278. The van der Waals surface area contributed by atoms with Gasteiger partial charge in [-0.05, 0) is 49.5 Å². The molecule has 3 nitrogen and oxygen atoms in total. The molecule has 0 spiro atoms. The number of benzene rings is 2. The molecule has 0 heterocycles. The van der Waals surface area contributed by atoms with E-state index in [-0.39, 0.29) is 0 Å². The highest BCUT2D eigenvalue weighted by Crippen LogP contribution is 2.26. The molecule has 7 heteroatoms. The van der Waals surface area contributed by atoms with Crippen molar-refractivity contribution in [2.75, 3.05) is 19.5 Å². The summed E-state index contributed by atoms with van der Waals surface area (Å²) in [5.41, 5.74) is 2.94. The third kappa shape index (κ3) is 5.86. The fourth-order valence-corrected chi connectivity index (χ4v) is 2.98. The van der Waals surface area contributed by atoms with Crippen molar-refractivity contribution in [3.63, 3.8) is 0 Å². The Morgan fingerprint density at radius 2 is 1.92 bits per heavy atom. The van der Waals surface area contributed by atoms with Gasteiger partial charge in [-0.25, -0.2) is 0 Å². The van der Waals surface area contributed by atoms with Gasteiger partial charge in [0.1, 0.15) is 5.75 Å². The molecule has 2 rings (SSSR count). The third-order valence-corrected chi connectivity index (χ3v) is 4.66. The van der Waals surface area contributed by atoms with Gasteiger partial charge in [-0.3, -0.25) is 0 Å². The first-order valence-electron chi connectivity index (χ1n) is 7.59. The minimum Gasteiger partial charge on any atom is -0.496 e. The van der Waals surface area contributed by atoms with E-state index in [0.717, 1.165) is 22.6 Å². The number of halogens is 2. The summed E-state index contributed by atoms with van der Waals surface area (Å²) in [5, 5.41) is 3.65. The maximum absolute atomic E-state index is 12.3. The van der Waals surface area contributed by atoms with Gasteiger partial charge in [0.25, 0.3) is 5.76 Å². The van der Waals surface area contributed by atoms with Gasteiger partial charge >= 0.3 is 0 Å². The number of rotatable bonds is 6. The maximum atomic E-state index is 12.3. The van der Waals surface area contributed by atoms with Crippen molar-refractivity contribution in [2.24, 2.45) is 0 Å². The van der Waals surface area contributed by atoms with Crippen molar-refractivity contribution >= 4 is 34.8 Å². The fourth-order valence-electron chi connectivity index (χ4n) is 2.30. The number of hydrogen-bond donors (Lipinski definition) is 1. The quantitative estimate of drug-likeness (QED) is 0.550. The van der Waals surface area contributed by atoms with E-state index in [0.29, 0.717) is 28.3 Å². The molecule has 0 saturated carbocycles. The predicted molar refractivity (Wildman–Crippen MR) is 104 cm³/mol. The van der Waals surface area contributed by atoms with Crippen molar-refractivity contribution in [2.45, 2.75) is 24.1 Å². The van der Waals surface area contributed by atoms with E-state index < -0.39 is 5.76 Å². The highest BCUT2D eigenvalue weighted by Gasteiger charge is 2.10. The SMILES string of the molecule is COc1ccc(C)cc1CN(C)C(=S)Nc1ccc(SC(F)F)cc1. The molecule has 25 heavy (non-hydrogen) atoms. The first kappa shape index (κ1) is 19.5. The molecule has 0 saturated heterocycles. The Hall–Kier alpha value is -1.86. The predicted octanol–water partition coefficient (Wildman–Crippen LogP) is 5.15. The van der Waals surface area contributed by atoms with E-state index in [2.05, 4.69) is 11.4 Å². The number of anilines is 1. The highest BCUT2D eigenvalue weighted by atomic mass is 32.2. The van der Waals surface area contributed by atoms with Crippen LogP contribution in [-0.4, -0.2) is 29.9 Å². The minimum atomic E-state index is -2.42. The van der Waals surface area contributed by atoms with Crippen molar-refractivity contribution in [3.8, 4) is 5.75 Å². The summed E-state index contributed by atoms with van der Waals surface area (Å²) in [5.74, 6) is -1.61. The summed E-state index contributed by atoms with van der Waals surface area (Å²) >= 11 is 5.94. The average Bonchev–Trinajstić information content (AvgIpc) is 2.56. The molecular weight excluding hydrogens is 362 g/mol. The number of ether oxygens (including phenoxy) is 1. The van der Waals surface area contributed by atoms with Crippen molar-refractivity contribution in [1.29, 1.82) is 0 Å². The lowest BCUT2D eigenvalue weighted by atomic mass is 10.1. The van der Waals surface area contributed by atoms with Gasteiger partial charge in [-0.1, -0.05) is 29.5 Å². The Morgan fingerprint density at radius 3 is 2.52 bits per heavy atom. The second kappa shape index (κ2) is 9.01. The summed E-state index contributed by atoms with van der Waals surface area (Å²) in [6.07, 6.45) is 0. The Labute approximate surface area is 156 Å². The Balaban J connectivity index is 1.99. The van der Waals surface area contributed by atoms with Crippen molar-refractivity contribution < 1.29 is 13.5 Å². The molecule has 2 aromatic rings. The topological polar surface area (TPSA) is 24.5 Å². The molecule has 0 aliphatic rings. The molecule has 0 atom stereocenters. The van der Waals surface area contributed by atoms with E-state index in [4.69, 9.17) is 17.0 Å². The van der Waals surface area contributed by atoms with Gasteiger partial charge in [-0.2, -0.15) is 8.78 Å². The lowest BCUT2D eigenvalue weighted by molar-refractivity contribution is 0.252. The van der Waals surface area contributed by atoms with Gasteiger partial charge in [0.05, 0.1) is 7.11 Å². The van der Waals surface area contributed by atoms with Gasteiger partial charge < -0.3 is 15.0 Å². The van der Waals surface area contributed by atoms with E-state index in [1.165, 1.54) is 0 Å². The highest BCUT2D eigenvalue weighted by molar-refractivity contribution is 7.99. The second-order valence-corrected chi connectivity index (χ2v) is 6.95. The molecular formula is C18H20F2N2OS2. The molecule has 0 amide bonds. The average molecular weight is 383 g/mol. The minimum absolute atomic E-state index is 0.518. The lowest BCUT2D eigenvalue weighted by Gasteiger charge is -2.22. The van der Waals surface area contributed by atoms with E-state index in [9.17, 15) is 8.78 Å². The van der Waals surface area contributed by atoms with Crippen LogP contribution in [0.1, 0.15) is 11.1 Å². The smallest absolute Gasteiger partial charge is 0.288 e. The zero-order chi connectivity index (χ0) is 18.4. The molecule has 0 fully saturated rings. The van der Waals surface area contributed by atoms with Crippen molar-refractivity contribution in [1.82, 2.24) is 4.90 Å². The molecule has 134 valence electrons. The summed E-state index contributed by atoms with van der Waals surface area (Å²) in [6.45, 7) is 2.62. The van der Waals surface area contributed by atoms with Gasteiger partial charge in [0, 0.05) is 29.7 Å². The number of thioether (sulfide) groups is 1. The van der Waals surface area contributed by atoms with Gasteiger partial charge in [-0.15, -0.1) is 0 Å². The maximum Gasteiger partial charge on any atom is 0.288 e. The van der Waals surface area contributed by atoms with E-state index in [1.807, 2.05) is 31.0 Å². The van der Waals surface area contributed by atoms with Crippen LogP contribution in [0.5, 0.6) is 5.75 Å². The largest absolute Gasteiger partial charge is 0.496 e. The number of aryl methyl sites for hydroxylation is 1. The standard InChI is InChI=1S/C18H20F2N2OS2/c1-12-4-9-16(23-3)13(10-12)11-22(2)18(24)21-14-5-7-15(8-6-14)25-17(19)20/h4-10,17H,11H2,1-3H3,(H,21,24). The zero-order valence-electron chi connectivity index (χ0n) is 14.3. The number of nitrogens with zero attached hydrogens (tertiary/aromatic N) is 1. The molecule has 0 unspecified atom stereocenters. The molecule has 2 aromatic carbocycles. The van der Waals surface area contributed by atoms with Crippen LogP contribution in [0.25, 0.3) is 0 Å². The summed E-state index contributed by atoms with van der Waals surface area (Å²) in [7, 11) is 3.53. The number of nitrogens with one attached hydrogen (secondary N) is 1. The lowest BCUT2D eigenvalue weighted by Crippen LogP contribution is -2.30. The van der Waals surface area contributed by atoms with Crippen LogP contribution < -0.4 is 10.1 Å². The number of thiocarbonyl (C=S) groups is 1. The van der Waals surface area contributed by atoms with Gasteiger partial charge in [0.15, 0.2) is 5.11 Å². The molecule has 0 aliphatic carbocycles. The van der Waals surface area contributed by atoms with Gasteiger partial charge in [0.2, 0.25) is 0 Å². The van der Waals surface area contributed by atoms with Crippen LogP contribution in [0.4, 0.5) is 14.5 Å². The molecule has 0 radical (unpaired) electrons. The normalized spacial score (nSPS) is 10.6. The first-order valence-corrected chi connectivity index (χ1v) is 8.88. The van der Waals surface area contributed by atoms with Crippen LogP contribution in [0, 0.1) is 6.92 Å². The summed E-state index contributed by atoms with van der Waals surface area (Å²) in [6, 6.07) is 12.8. The third-order valence-electron chi connectivity index (χ3n) is 3.52. The van der Waals surface area contributed by atoms with Crippen LogP contribution in [-0.2, 0) is 6.54 Å². The van der Waals surface area contributed by atoms with E-state index >= 15 is 0 Å². The number of methoxy groups -OCH3 is 1. The summed E-state index contributed by atoms with van der Waals surface area (Å²) < 4.78 is 30.1. The Bertz CT molecular complexity index is 724. The Morgan fingerprint density at radius 1 is 1.24 bits per heavy atom. The van der Waals surface area contributed by atoms with Crippen LogP contribution in [0.3, 0.4) is 0 Å². The number of alkyl halides is 2. The van der Waals surface area contributed by atoms with Crippen LogP contribution in [0.15, 0.2) is 47.4 Å². The second-order valence-electron chi connectivity index (χ2n) is 5.50. The van der Waals surface area contributed by atoms with Crippen molar-refractivity contribution in [3.05, 3.63) is 53.6 Å². The number of hydrogen-bond acceptors (Lipinski definition) is 3. The molecule has 1 N–H and O–H groups in total. The molecule has 0 aromatic heterocycles.